The van der Waals surface area contributed by atoms with Gasteiger partial charge in [0.15, 0.2) is 0 Å². The zero-order valence-corrected chi connectivity index (χ0v) is 13.1. The molecule has 0 aliphatic heterocycles. The Labute approximate surface area is 122 Å². The Morgan fingerprint density at radius 2 is 1.80 bits per heavy atom. The molecule has 20 heavy (non-hydrogen) atoms. The summed E-state index contributed by atoms with van der Waals surface area (Å²) in [5, 5.41) is 7.53. The Hall–Kier alpha value is -0.860. The monoisotopic (exact) mass is 273 g/mol. The molecule has 3 nitrogen and oxygen atoms in total. The van der Waals surface area contributed by atoms with Gasteiger partial charge in [-0.2, -0.15) is 5.10 Å². The van der Waals surface area contributed by atoms with Gasteiger partial charge >= 0.3 is 0 Å². The van der Waals surface area contributed by atoms with Crippen LogP contribution in [0.5, 0.6) is 0 Å². The summed E-state index contributed by atoms with van der Waals surface area (Å²) in [7, 11) is 0. The Balaban J connectivity index is 1.63. The van der Waals surface area contributed by atoms with E-state index in [0.717, 1.165) is 30.4 Å². The van der Waals surface area contributed by atoms with Gasteiger partial charge in [0.1, 0.15) is 11.6 Å². The molecule has 0 saturated heterocycles. The van der Waals surface area contributed by atoms with Crippen LogP contribution in [0.25, 0.3) is 0 Å². The van der Waals surface area contributed by atoms with Crippen LogP contribution in [-0.4, -0.2) is 15.2 Å². The van der Waals surface area contributed by atoms with Crippen molar-refractivity contribution in [2.45, 2.75) is 72.1 Å². The van der Waals surface area contributed by atoms with Gasteiger partial charge in [-0.25, -0.2) is 4.98 Å². The van der Waals surface area contributed by atoms with Crippen molar-refractivity contribution >= 4 is 0 Å². The summed E-state index contributed by atoms with van der Waals surface area (Å²) >= 11 is 0. The molecule has 110 valence electrons. The molecule has 0 amide bonds. The molecule has 1 aromatic heterocycles. The number of H-pyrrole nitrogens is 1. The van der Waals surface area contributed by atoms with E-state index in [0.29, 0.717) is 16.2 Å². The second-order valence-corrected chi connectivity index (χ2v) is 8.86. The molecule has 2 unspecified atom stereocenters. The molecule has 0 spiro atoms. The van der Waals surface area contributed by atoms with Crippen LogP contribution in [0.3, 0.4) is 0 Å². The zero-order chi connectivity index (χ0) is 14.0. The zero-order valence-electron chi connectivity index (χ0n) is 13.1. The highest BCUT2D eigenvalue weighted by molar-refractivity contribution is 5.12. The average Bonchev–Trinajstić information content (AvgIpc) is 2.70. The number of aromatic amines is 1. The van der Waals surface area contributed by atoms with Gasteiger partial charge in [-0.15, -0.1) is 0 Å². The summed E-state index contributed by atoms with van der Waals surface area (Å²) in [5.74, 6) is 3.08. The topological polar surface area (TPSA) is 41.6 Å². The minimum atomic E-state index is 0.507. The van der Waals surface area contributed by atoms with E-state index in [9.17, 15) is 0 Å². The molecule has 1 aromatic rings. The van der Waals surface area contributed by atoms with E-state index in [-0.39, 0.29) is 0 Å². The predicted molar refractivity (Wildman–Crippen MR) is 79.3 cm³/mol. The third-order valence-electron chi connectivity index (χ3n) is 6.18. The third-order valence-corrected chi connectivity index (χ3v) is 6.18. The number of hydrogen-bond acceptors (Lipinski definition) is 2. The number of rotatable bonds is 3. The van der Waals surface area contributed by atoms with Gasteiger partial charge in [0, 0.05) is 12.8 Å². The maximum Gasteiger partial charge on any atom is 0.150 e. The van der Waals surface area contributed by atoms with E-state index in [1.54, 1.807) is 0 Å². The van der Waals surface area contributed by atoms with Gasteiger partial charge in [0.25, 0.3) is 0 Å². The van der Waals surface area contributed by atoms with Crippen LogP contribution in [0.2, 0.25) is 0 Å². The second kappa shape index (κ2) is 3.86. The van der Waals surface area contributed by atoms with E-state index in [4.69, 9.17) is 0 Å². The van der Waals surface area contributed by atoms with Crippen LogP contribution in [0, 0.1) is 22.2 Å². The molecule has 5 rings (SSSR count). The van der Waals surface area contributed by atoms with Crippen molar-refractivity contribution < 1.29 is 0 Å². The predicted octanol–water partition coefficient (Wildman–Crippen LogP) is 3.91. The van der Waals surface area contributed by atoms with Crippen molar-refractivity contribution in [1.29, 1.82) is 0 Å². The lowest BCUT2D eigenvalue weighted by Crippen LogP contribution is -2.55. The standard InChI is InChI=1S/C17H27N3/c1-4-13-18-14(20-19-13)8-17-7-12-5-15(2,10-17)9-16(3,6-12)11-17/h12H,4-11H2,1-3H3,(H,18,19,20). The first-order valence-corrected chi connectivity index (χ1v) is 8.32. The van der Waals surface area contributed by atoms with Gasteiger partial charge in [0.2, 0.25) is 0 Å². The Morgan fingerprint density at radius 3 is 2.35 bits per heavy atom. The molecule has 4 bridgehead atoms. The maximum atomic E-state index is 4.68. The molecule has 1 N–H and O–H groups in total. The second-order valence-electron chi connectivity index (χ2n) is 8.86. The SMILES string of the molecule is CCc1n[nH]c(CC23CC4CC(C)(CC(C)(C4)C2)C3)n1. The quantitative estimate of drug-likeness (QED) is 0.907. The van der Waals surface area contributed by atoms with Crippen molar-refractivity contribution in [3.05, 3.63) is 11.6 Å². The minimum absolute atomic E-state index is 0.507. The summed E-state index contributed by atoms with van der Waals surface area (Å²) in [6.45, 7) is 7.21. The summed E-state index contributed by atoms with van der Waals surface area (Å²) in [6.07, 6.45) is 10.7. The fraction of sp³-hybridized carbons (Fsp3) is 0.882. The molecule has 4 aliphatic carbocycles. The lowest BCUT2D eigenvalue weighted by Gasteiger charge is -2.65. The fourth-order valence-corrected chi connectivity index (χ4v) is 6.81. The van der Waals surface area contributed by atoms with Crippen molar-refractivity contribution in [3.63, 3.8) is 0 Å². The van der Waals surface area contributed by atoms with Gasteiger partial charge in [-0.1, -0.05) is 20.8 Å². The van der Waals surface area contributed by atoms with Crippen molar-refractivity contribution in [1.82, 2.24) is 15.2 Å². The van der Waals surface area contributed by atoms with Crippen LogP contribution in [0.1, 0.15) is 70.9 Å². The van der Waals surface area contributed by atoms with Crippen molar-refractivity contribution in [2.24, 2.45) is 22.2 Å². The van der Waals surface area contributed by atoms with E-state index in [2.05, 4.69) is 36.0 Å². The Kier molecular flexibility index (Phi) is 2.48. The van der Waals surface area contributed by atoms with Crippen molar-refractivity contribution in [2.75, 3.05) is 0 Å². The molecule has 2 atom stereocenters. The Morgan fingerprint density at radius 1 is 1.10 bits per heavy atom. The van der Waals surface area contributed by atoms with Crippen LogP contribution >= 0.6 is 0 Å². The number of aryl methyl sites for hydroxylation is 1. The fourth-order valence-electron chi connectivity index (χ4n) is 6.81. The van der Waals surface area contributed by atoms with Gasteiger partial charge < -0.3 is 0 Å². The highest BCUT2D eigenvalue weighted by atomic mass is 15.2. The van der Waals surface area contributed by atoms with E-state index in [1.165, 1.54) is 38.5 Å². The van der Waals surface area contributed by atoms with E-state index in [1.807, 2.05) is 0 Å². The number of nitrogens with zero attached hydrogens (tertiary/aromatic N) is 2. The number of nitrogens with one attached hydrogen (secondary N) is 1. The molecule has 1 heterocycles. The largest absolute Gasteiger partial charge is 0.263 e. The summed E-state index contributed by atoms with van der Waals surface area (Å²) in [4.78, 5) is 4.68. The van der Waals surface area contributed by atoms with Crippen LogP contribution in [0.4, 0.5) is 0 Å². The molecular formula is C17H27N3. The van der Waals surface area contributed by atoms with Crippen LogP contribution in [-0.2, 0) is 12.8 Å². The van der Waals surface area contributed by atoms with Crippen LogP contribution in [0.15, 0.2) is 0 Å². The van der Waals surface area contributed by atoms with E-state index < -0.39 is 0 Å². The normalized spacial score (nSPS) is 46.0. The molecule has 0 radical (unpaired) electrons. The smallest absolute Gasteiger partial charge is 0.150 e. The molecule has 4 fully saturated rings. The van der Waals surface area contributed by atoms with Crippen molar-refractivity contribution in [3.8, 4) is 0 Å². The first-order valence-electron chi connectivity index (χ1n) is 8.32. The van der Waals surface area contributed by atoms with E-state index >= 15 is 0 Å². The summed E-state index contributed by atoms with van der Waals surface area (Å²) in [5.41, 5.74) is 1.71. The molecule has 4 aliphatic rings. The lowest BCUT2D eigenvalue weighted by atomic mass is 9.40. The molecule has 4 saturated carbocycles. The van der Waals surface area contributed by atoms with Crippen LogP contribution < -0.4 is 0 Å². The summed E-state index contributed by atoms with van der Waals surface area (Å²) < 4.78 is 0. The average molecular weight is 273 g/mol. The lowest BCUT2D eigenvalue weighted by molar-refractivity contribution is -0.144. The third kappa shape index (κ3) is 1.93. The first-order chi connectivity index (χ1) is 9.42. The highest BCUT2D eigenvalue weighted by Gasteiger charge is 2.59. The molecule has 3 heteroatoms. The summed E-state index contributed by atoms with van der Waals surface area (Å²) in [6, 6.07) is 0. The maximum absolute atomic E-state index is 4.68. The molecule has 0 aromatic carbocycles. The number of hydrogen-bond donors (Lipinski definition) is 1. The Bertz CT molecular complexity index is 514. The highest BCUT2D eigenvalue weighted by Crippen LogP contribution is 2.70. The van der Waals surface area contributed by atoms with Gasteiger partial charge in [-0.3, -0.25) is 5.10 Å². The van der Waals surface area contributed by atoms with Gasteiger partial charge in [-0.05, 0) is 60.7 Å². The van der Waals surface area contributed by atoms with Gasteiger partial charge in [0.05, 0.1) is 0 Å². The molecular weight excluding hydrogens is 246 g/mol. The minimum Gasteiger partial charge on any atom is -0.263 e. The first kappa shape index (κ1) is 12.8. The number of aromatic nitrogens is 3.